The Kier molecular flexibility index (Phi) is 5.94. The fraction of sp³-hybridized carbons (Fsp3) is 0.545. The Bertz CT molecular complexity index is 244. The highest BCUT2D eigenvalue weighted by molar-refractivity contribution is 5.43. The van der Waals surface area contributed by atoms with Gasteiger partial charge in [-0.1, -0.05) is 19.9 Å². The van der Waals surface area contributed by atoms with Crippen LogP contribution in [0, 0.1) is 13.8 Å². The first-order valence-electron chi connectivity index (χ1n) is 4.91. The molecule has 0 aliphatic rings. The number of rotatable bonds is 2. The van der Waals surface area contributed by atoms with Gasteiger partial charge in [-0.3, -0.25) is 0 Å². The van der Waals surface area contributed by atoms with Gasteiger partial charge >= 0.3 is 0 Å². The average molecular weight is 180 g/mol. The Balaban J connectivity index is 0.000000671. The fourth-order valence-electron chi connectivity index (χ4n) is 1.07. The molecule has 0 radical (unpaired) electrons. The van der Waals surface area contributed by atoms with Crippen LogP contribution in [0.3, 0.4) is 0 Å². The molecule has 0 spiro atoms. The molecule has 0 saturated carbocycles. The molecule has 1 heterocycles. The molecular formula is C11H20N2. The molecule has 1 rings (SSSR count). The van der Waals surface area contributed by atoms with Crippen LogP contribution < -0.4 is 5.32 Å². The number of aryl methyl sites for hydroxylation is 2. The summed E-state index contributed by atoms with van der Waals surface area (Å²) in [6.07, 6.45) is 1.88. The topological polar surface area (TPSA) is 24.9 Å². The van der Waals surface area contributed by atoms with E-state index in [0.29, 0.717) is 0 Å². The fourth-order valence-corrected chi connectivity index (χ4v) is 1.07. The highest BCUT2D eigenvalue weighted by Crippen LogP contribution is 2.11. The minimum atomic E-state index is 0.927. The molecule has 0 aliphatic heterocycles. The second kappa shape index (κ2) is 6.46. The van der Waals surface area contributed by atoms with Gasteiger partial charge in [-0.05, 0) is 31.9 Å². The lowest BCUT2D eigenvalue weighted by Crippen LogP contribution is -2.01. The molecule has 0 aromatic carbocycles. The first kappa shape index (κ1) is 11.9. The van der Waals surface area contributed by atoms with Crippen LogP contribution in [-0.2, 0) is 0 Å². The summed E-state index contributed by atoms with van der Waals surface area (Å²) in [5, 5.41) is 3.19. The first-order valence-corrected chi connectivity index (χ1v) is 4.91. The van der Waals surface area contributed by atoms with E-state index in [1.807, 2.05) is 20.0 Å². The molecule has 0 fully saturated rings. The van der Waals surface area contributed by atoms with E-state index in [4.69, 9.17) is 0 Å². The van der Waals surface area contributed by atoms with Gasteiger partial charge in [0.05, 0.1) is 0 Å². The van der Waals surface area contributed by atoms with Gasteiger partial charge in [0, 0.05) is 12.7 Å². The molecule has 0 unspecified atom stereocenters. The second-order valence-corrected chi connectivity index (χ2v) is 2.71. The molecule has 1 aromatic heterocycles. The minimum Gasteiger partial charge on any atom is -0.370 e. The zero-order chi connectivity index (χ0) is 10.3. The molecule has 0 aliphatic carbocycles. The van der Waals surface area contributed by atoms with E-state index in [1.165, 1.54) is 11.1 Å². The van der Waals surface area contributed by atoms with Gasteiger partial charge in [0.1, 0.15) is 5.82 Å². The van der Waals surface area contributed by atoms with Crippen LogP contribution in [-0.4, -0.2) is 11.5 Å². The summed E-state index contributed by atoms with van der Waals surface area (Å²) in [7, 11) is 0. The number of nitrogens with zero attached hydrogens (tertiary/aromatic N) is 1. The summed E-state index contributed by atoms with van der Waals surface area (Å²) in [4.78, 5) is 4.26. The average Bonchev–Trinajstić information content (AvgIpc) is 2.14. The van der Waals surface area contributed by atoms with Gasteiger partial charge in [-0.25, -0.2) is 4.98 Å². The van der Waals surface area contributed by atoms with Crippen molar-refractivity contribution in [2.24, 2.45) is 0 Å². The van der Waals surface area contributed by atoms with Gasteiger partial charge < -0.3 is 5.32 Å². The highest BCUT2D eigenvalue weighted by Gasteiger charge is 1.96. The van der Waals surface area contributed by atoms with E-state index in [2.05, 4.69) is 37.1 Å². The smallest absolute Gasteiger partial charge is 0.128 e. The Morgan fingerprint density at radius 1 is 1.31 bits per heavy atom. The Hall–Kier alpha value is -1.05. The Morgan fingerprint density at radius 2 is 1.92 bits per heavy atom. The molecule has 0 bridgehead atoms. The van der Waals surface area contributed by atoms with Gasteiger partial charge in [0.15, 0.2) is 0 Å². The normalized spacial score (nSPS) is 8.69. The predicted molar refractivity (Wildman–Crippen MR) is 59.2 cm³/mol. The van der Waals surface area contributed by atoms with Crippen LogP contribution >= 0.6 is 0 Å². The van der Waals surface area contributed by atoms with E-state index in [9.17, 15) is 0 Å². The van der Waals surface area contributed by atoms with Crippen molar-refractivity contribution in [3.05, 3.63) is 23.4 Å². The van der Waals surface area contributed by atoms with Crippen molar-refractivity contribution in [2.75, 3.05) is 11.9 Å². The van der Waals surface area contributed by atoms with E-state index in [0.717, 1.165) is 12.4 Å². The van der Waals surface area contributed by atoms with E-state index < -0.39 is 0 Å². The Morgan fingerprint density at radius 3 is 2.38 bits per heavy atom. The molecule has 0 saturated heterocycles. The number of anilines is 1. The van der Waals surface area contributed by atoms with Gasteiger partial charge in [-0.15, -0.1) is 0 Å². The number of pyridine rings is 1. The highest BCUT2D eigenvalue weighted by atomic mass is 15.0. The number of hydrogen-bond acceptors (Lipinski definition) is 2. The molecule has 2 nitrogen and oxygen atoms in total. The summed E-state index contributed by atoms with van der Waals surface area (Å²) in [5.74, 6) is 0.998. The number of nitrogens with one attached hydrogen (secondary N) is 1. The molecule has 0 amide bonds. The van der Waals surface area contributed by atoms with Crippen molar-refractivity contribution < 1.29 is 0 Å². The quantitative estimate of drug-likeness (QED) is 0.756. The molecule has 1 aromatic rings. The molecule has 74 valence electrons. The van der Waals surface area contributed by atoms with E-state index in [-0.39, 0.29) is 0 Å². The van der Waals surface area contributed by atoms with Crippen molar-refractivity contribution in [2.45, 2.75) is 34.6 Å². The summed E-state index contributed by atoms with van der Waals surface area (Å²) in [6, 6.07) is 2.13. The summed E-state index contributed by atoms with van der Waals surface area (Å²) in [6.45, 7) is 11.1. The lowest BCUT2D eigenvalue weighted by atomic mass is 10.2. The SMILES string of the molecule is CC.CCNc1ncc(C)cc1C. The van der Waals surface area contributed by atoms with Crippen LogP contribution in [0.2, 0.25) is 0 Å². The van der Waals surface area contributed by atoms with Gasteiger partial charge in [0.25, 0.3) is 0 Å². The Labute approximate surface area is 81.4 Å². The third-order valence-electron chi connectivity index (χ3n) is 1.56. The second-order valence-electron chi connectivity index (χ2n) is 2.71. The van der Waals surface area contributed by atoms with Gasteiger partial charge in [-0.2, -0.15) is 0 Å². The standard InChI is InChI=1S/C9H14N2.C2H6/c1-4-10-9-8(3)5-7(2)6-11-9;1-2/h5-6H,4H2,1-3H3,(H,10,11);1-2H3. The summed E-state index contributed by atoms with van der Waals surface area (Å²) >= 11 is 0. The van der Waals surface area contributed by atoms with Crippen molar-refractivity contribution in [3.8, 4) is 0 Å². The van der Waals surface area contributed by atoms with Crippen LogP contribution in [0.15, 0.2) is 12.3 Å². The monoisotopic (exact) mass is 180 g/mol. The summed E-state index contributed by atoms with van der Waals surface area (Å²) in [5.41, 5.74) is 2.43. The lowest BCUT2D eigenvalue weighted by Gasteiger charge is -2.05. The van der Waals surface area contributed by atoms with Gasteiger partial charge in [0.2, 0.25) is 0 Å². The molecule has 2 heteroatoms. The molecule has 0 atom stereocenters. The van der Waals surface area contributed by atoms with Crippen molar-refractivity contribution >= 4 is 5.82 Å². The summed E-state index contributed by atoms with van der Waals surface area (Å²) < 4.78 is 0. The third kappa shape index (κ3) is 3.92. The maximum Gasteiger partial charge on any atom is 0.128 e. The maximum absolute atomic E-state index is 4.26. The van der Waals surface area contributed by atoms with Crippen molar-refractivity contribution in [3.63, 3.8) is 0 Å². The predicted octanol–water partition coefficient (Wildman–Crippen LogP) is 3.16. The van der Waals surface area contributed by atoms with Crippen LogP contribution in [0.1, 0.15) is 31.9 Å². The number of hydrogen-bond donors (Lipinski definition) is 1. The molecular weight excluding hydrogens is 160 g/mol. The first-order chi connectivity index (χ1) is 6.24. The lowest BCUT2D eigenvalue weighted by molar-refractivity contribution is 1.13. The third-order valence-corrected chi connectivity index (χ3v) is 1.56. The number of aromatic nitrogens is 1. The zero-order valence-corrected chi connectivity index (χ0v) is 9.31. The zero-order valence-electron chi connectivity index (χ0n) is 9.31. The molecule has 13 heavy (non-hydrogen) atoms. The maximum atomic E-state index is 4.26. The largest absolute Gasteiger partial charge is 0.370 e. The van der Waals surface area contributed by atoms with E-state index in [1.54, 1.807) is 0 Å². The molecule has 1 N–H and O–H groups in total. The minimum absolute atomic E-state index is 0.927. The van der Waals surface area contributed by atoms with Crippen molar-refractivity contribution in [1.82, 2.24) is 4.98 Å². The van der Waals surface area contributed by atoms with Crippen LogP contribution in [0.25, 0.3) is 0 Å². The van der Waals surface area contributed by atoms with Crippen LogP contribution in [0.5, 0.6) is 0 Å². The van der Waals surface area contributed by atoms with Crippen molar-refractivity contribution in [1.29, 1.82) is 0 Å². The van der Waals surface area contributed by atoms with E-state index >= 15 is 0 Å². The van der Waals surface area contributed by atoms with Crippen LogP contribution in [0.4, 0.5) is 5.82 Å².